The summed E-state index contributed by atoms with van der Waals surface area (Å²) in [7, 11) is 0. The number of fused-ring (bicyclic) bond motifs is 1. The number of rotatable bonds is 3. The van der Waals surface area contributed by atoms with Gasteiger partial charge in [0, 0.05) is 22.4 Å². The van der Waals surface area contributed by atoms with Gasteiger partial charge in [0.1, 0.15) is 11.3 Å². The highest BCUT2D eigenvalue weighted by Crippen LogP contribution is 2.16. The minimum absolute atomic E-state index is 0.314. The van der Waals surface area contributed by atoms with Crippen LogP contribution >= 0.6 is 22.6 Å². The number of halogens is 1. The van der Waals surface area contributed by atoms with E-state index in [0.29, 0.717) is 12.3 Å². The Morgan fingerprint density at radius 3 is 3.06 bits per heavy atom. The Hall–Kier alpha value is -1.11. The van der Waals surface area contributed by atoms with E-state index in [1.165, 1.54) is 0 Å². The van der Waals surface area contributed by atoms with Crippen molar-refractivity contribution >= 4 is 34.2 Å². The molecule has 0 unspecified atom stereocenters. The van der Waals surface area contributed by atoms with Crippen molar-refractivity contribution in [2.45, 2.75) is 11.4 Å². The van der Waals surface area contributed by atoms with Crippen molar-refractivity contribution in [1.82, 2.24) is 9.38 Å². The summed E-state index contributed by atoms with van der Waals surface area (Å²) in [5.41, 5.74) is 2.45. The van der Waals surface area contributed by atoms with E-state index in [4.69, 9.17) is 4.74 Å². The Kier molecular flexibility index (Phi) is 3.42. The topological polar surface area (TPSA) is 43.6 Å². The lowest BCUT2D eigenvalue weighted by molar-refractivity contribution is 0.0517. The van der Waals surface area contributed by atoms with Crippen LogP contribution in [0, 0.1) is 0 Å². The van der Waals surface area contributed by atoms with Gasteiger partial charge in [0.05, 0.1) is 6.61 Å². The molecule has 5 heteroatoms. The van der Waals surface area contributed by atoms with Crippen LogP contribution in [0.15, 0.2) is 24.5 Å². The Bertz CT molecular complexity index is 522. The van der Waals surface area contributed by atoms with Crippen molar-refractivity contribution in [2.24, 2.45) is 0 Å². The summed E-state index contributed by atoms with van der Waals surface area (Å²) >= 11 is 2.28. The van der Waals surface area contributed by atoms with Crippen LogP contribution in [0.2, 0.25) is 0 Å². The second-order valence-electron chi connectivity index (χ2n) is 3.22. The first kappa shape index (κ1) is 11.4. The average molecular weight is 330 g/mol. The minimum Gasteiger partial charge on any atom is -0.461 e. The van der Waals surface area contributed by atoms with Crippen LogP contribution in [0.3, 0.4) is 0 Å². The van der Waals surface area contributed by atoms with Crippen molar-refractivity contribution in [2.75, 3.05) is 6.61 Å². The van der Waals surface area contributed by atoms with Gasteiger partial charge >= 0.3 is 5.97 Å². The smallest absolute Gasteiger partial charge is 0.355 e. The summed E-state index contributed by atoms with van der Waals surface area (Å²) in [5.74, 6) is -0.314. The van der Waals surface area contributed by atoms with Gasteiger partial charge in [0.25, 0.3) is 0 Å². The zero-order valence-electron chi connectivity index (χ0n) is 8.81. The average Bonchev–Trinajstić information content (AvgIpc) is 2.76. The Morgan fingerprint density at radius 1 is 1.56 bits per heavy atom. The number of hydrogen-bond donors (Lipinski definition) is 0. The van der Waals surface area contributed by atoms with Gasteiger partial charge in [-0.05, 0) is 13.0 Å². The largest absolute Gasteiger partial charge is 0.461 e. The number of ether oxygens (including phenoxy) is 1. The second kappa shape index (κ2) is 4.82. The number of imidazole rings is 1. The third-order valence-electron chi connectivity index (χ3n) is 2.26. The second-order valence-corrected chi connectivity index (χ2v) is 3.98. The standard InChI is InChI=1S/C11H11IN2O2/c1-2-16-11(15)9-4-3-8(7-12)10-13-5-6-14(9)10/h3-6H,2,7H2,1H3. The molecule has 2 aromatic rings. The van der Waals surface area contributed by atoms with Gasteiger partial charge in [0.2, 0.25) is 0 Å². The fourth-order valence-corrected chi connectivity index (χ4v) is 2.14. The molecule has 0 aliphatic heterocycles. The quantitative estimate of drug-likeness (QED) is 0.493. The molecule has 0 aromatic carbocycles. The minimum atomic E-state index is -0.314. The molecule has 2 rings (SSSR count). The molecule has 0 atom stereocenters. The summed E-state index contributed by atoms with van der Waals surface area (Å²) in [6.45, 7) is 2.17. The number of alkyl halides is 1. The number of nitrogens with zero attached hydrogens (tertiary/aromatic N) is 2. The lowest BCUT2D eigenvalue weighted by atomic mass is 10.2. The van der Waals surface area contributed by atoms with Crippen LogP contribution in [0.4, 0.5) is 0 Å². The van der Waals surface area contributed by atoms with Gasteiger partial charge in [-0.25, -0.2) is 9.78 Å². The molecule has 0 radical (unpaired) electrons. The van der Waals surface area contributed by atoms with Crippen LogP contribution < -0.4 is 0 Å². The molecule has 0 fully saturated rings. The van der Waals surface area contributed by atoms with E-state index in [2.05, 4.69) is 27.6 Å². The summed E-state index contributed by atoms with van der Waals surface area (Å²) in [6.07, 6.45) is 3.46. The molecule has 0 aliphatic carbocycles. The Balaban J connectivity index is 2.55. The molecule has 2 heterocycles. The number of pyridine rings is 1. The van der Waals surface area contributed by atoms with Crippen molar-refractivity contribution in [3.05, 3.63) is 35.8 Å². The summed E-state index contributed by atoms with van der Waals surface area (Å²) in [6, 6.07) is 3.70. The maximum absolute atomic E-state index is 11.7. The van der Waals surface area contributed by atoms with E-state index in [-0.39, 0.29) is 5.97 Å². The highest BCUT2D eigenvalue weighted by Gasteiger charge is 2.13. The SMILES string of the molecule is CCOC(=O)c1ccc(CI)c2nccn12. The Morgan fingerprint density at radius 2 is 2.38 bits per heavy atom. The van der Waals surface area contributed by atoms with Crippen LogP contribution in [-0.2, 0) is 9.16 Å². The summed E-state index contributed by atoms with van der Waals surface area (Å²) < 4.78 is 7.62. The summed E-state index contributed by atoms with van der Waals surface area (Å²) in [4.78, 5) is 15.9. The molecular formula is C11H11IN2O2. The van der Waals surface area contributed by atoms with Crippen molar-refractivity contribution in [3.8, 4) is 0 Å². The number of esters is 1. The molecule has 2 aromatic heterocycles. The lowest BCUT2D eigenvalue weighted by Crippen LogP contribution is -2.10. The highest BCUT2D eigenvalue weighted by molar-refractivity contribution is 14.1. The molecule has 0 aliphatic rings. The number of aromatic nitrogens is 2. The highest BCUT2D eigenvalue weighted by atomic mass is 127. The molecule has 4 nitrogen and oxygen atoms in total. The zero-order chi connectivity index (χ0) is 11.5. The molecule has 0 spiro atoms. The van der Waals surface area contributed by atoms with E-state index in [9.17, 15) is 4.79 Å². The van der Waals surface area contributed by atoms with Gasteiger partial charge in [-0.15, -0.1) is 0 Å². The van der Waals surface area contributed by atoms with E-state index >= 15 is 0 Å². The van der Waals surface area contributed by atoms with Crippen molar-refractivity contribution in [1.29, 1.82) is 0 Å². The molecule has 0 bridgehead atoms. The molecule has 0 amide bonds. The predicted molar refractivity (Wildman–Crippen MR) is 68.9 cm³/mol. The molecule has 0 saturated carbocycles. The predicted octanol–water partition coefficient (Wildman–Crippen LogP) is 2.45. The third-order valence-corrected chi connectivity index (χ3v) is 3.08. The molecule has 0 saturated heterocycles. The van der Waals surface area contributed by atoms with E-state index < -0.39 is 0 Å². The fraction of sp³-hybridized carbons (Fsp3) is 0.273. The maximum atomic E-state index is 11.7. The molecule has 16 heavy (non-hydrogen) atoms. The van der Waals surface area contributed by atoms with Crippen LogP contribution in [0.5, 0.6) is 0 Å². The van der Waals surface area contributed by atoms with Gasteiger partial charge < -0.3 is 4.74 Å². The van der Waals surface area contributed by atoms with Gasteiger partial charge in [-0.2, -0.15) is 0 Å². The number of carbonyl (C=O) groups is 1. The van der Waals surface area contributed by atoms with E-state index in [1.54, 1.807) is 29.8 Å². The normalized spacial score (nSPS) is 10.6. The van der Waals surface area contributed by atoms with Gasteiger partial charge in [-0.1, -0.05) is 28.7 Å². The number of hydrogen-bond acceptors (Lipinski definition) is 3. The van der Waals surface area contributed by atoms with Crippen molar-refractivity contribution < 1.29 is 9.53 Å². The molecule has 84 valence electrons. The lowest BCUT2D eigenvalue weighted by Gasteiger charge is -2.06. The first-order valence-corrected chi connectivity index (χ1v) is 6.48. The van der Waals surface area contributed by atoms with Crippen LogP contribution in [0.1, 0.15) is 23.0 Å². The van der Waals surface area contributed by atoms with Crippen molar-refractivity contribution in [3.63, 3.8) is 0 Å². The monoisotopic (exact) mass is 330 g/mol. The van der Waals surface area contributed by atoms with E-state index in [0.717, 1.165) is 15.6 Å². The Labute approximate surface area is 107 Å². The molecule has 0 N–H and O–H groups in total. The van der Waals surface area contributed by atoms with Gasteiger partial charge in [0.15, 0.2) is 0 Å². The van der Waals surface area contributed by atoms with Crippen LogP contribution in [-0.4, -0.2) is 22.0 Å². The first-order valence-electron chi connectivity index (χ1n) is 4.96. The number of carbonyl (C=O) groups excluding carboxylic acids is 1. The summed E-state index contributed by atoms with van der Waals surface area (Å²) in [5, 5.41) is 0. The first-order chi connectivity index (χ1) is 7.77. The third kappa shape index (κ3) is 1.91. The van der Waals surface area contributed by atoms with Crippen LogP contribution in [0.25, 0.3) is 5.65 Å². The maximum Gasteiger partial charge on any atom is 0.355 e. The zero-order valence-corrected chi connectivity index (χ0v) is 11.0. The van der Waals surface area contributed by atoms with E-state index in [1.807, 2.05) is 6.07 Å². The fourth-order valence-electron chi connectivity index (χ4n) is 1.55. The molecular weight excluding hydrogens is 319 g/mol. The van der Waals surface area contributed by atoms with Gasteiger partial charge in [-0.3, -0.25) is 4.40 Å².